The van der Waals surface area contributed by atoms with Gasteiger partial charge in [-0.1, -0.05) is 0 Å². The predicted octanol–water partition coefficient (Wildman–Crippen LogP) is -3.31. The zero-order valence-electron chi connectivity index (χ0n) is 3.13. The van der Waals surface area contributed by atoms with Gasteiger partial charge in [0.2, 0.25) is 0 Å². The first kappa shape index (κ1) is 235. The maximum absolute atomic E-state index is 0. The fourth-order valence-corrected chi connectivity index (χ4v) is 0. The zero-order valence-corrected chi connectivity index (χ0v) is 6.68. The van der Waals surface area contributed by atoms with E-state index in [1.165, 1.54) is 0 Å². The molecule has 0 aromatic carbocycles. The van der Waals surface area contributed by atoms with Crippen LogP contribution in [0.2, 0.25) is 0 Å². The molecule has 0 heterocycles. The maximum atomic E-state index is 0. The Morgan fingerprint density at radius 1 is 0.286 bits per heavy atom. The van der Waals surface area contributed by atoms with Gasteiger partial charge in [0.05, 0.1) is 0 Å². The Kier molecular flexibility index (Phi) is 5200. The van der Waals surface area contributed by atoms with E-state index in [-0.39, 0.29) is 73.1 Å². The minimum Gasteiger partial charge on any atom is -0.412 e. The van der Waals surface area contributed by atoms with Crippen LogP contribution in [0.25, 0.3) is 0 Å². The summed E-state index contributed by atoms with van der Waals surface area (Å²) in [5.41, 5.74) is 0. The van der Waals surface area contributed by atoms with Gasteiger partial charge in [-0.05, 0) is 0 Å². The summed E-state index contributed by atoms with van der Waals surface area (Å²) in [5, 5.41) is 0. The van der Waals surface area contributed by atoms with E-state index in [0.717, 1.165) is 0 Å². The van der Waals surface area contributed by atoms with Crippen molar-refractivity contribution in [3.63, 3.8) is 0 Å². The second kappa shape index (κ2) is 155. The van der Waals surface area contributed by atoms with Crippen molar-refractivity contribution in [2.24, 2.45) is 0 Å². The van der Waals surface area contributed by atoms with Crippen LogP contribution >= 0.6 is 0 Å². The van der Waals surface area contributed by atoms with E-state index in [9.17, 15) is 0 Å². The van der Waals surface area contributed by atoms with Crippen LogP contribution in [0, 0.1) is 0 Å². The summed E-state index contributed by atoms with van der Waals surface area (Å²) in [6, 6.07) is 0. The normalized spacial score (nSPS) is 0. The average molecular weight is 237 g/mol. The third-order valence-corrected chi connectivity index (χ3v) is 0. The Morgan fingerprint density at radius 2 is 0.286 bits per heavy atom. The molecule has 0 bridgehead atoms. The number of rotatable bonds is 0. The first-order valence-corrected chi connectivity index (χ1v) is 0. The molecule has 0 aliphatic carbocycles. The summed E-state index contributed by atoms with van der Waals surface area (Å²) < 4.78 is 0. The summed E-state index contributed by atoms with van der Waals surface area (Å²) >= 11 is 0. The van der Waals surface area contributed by atoms with Gasteiger partial charge in [0.1, 0.15) is 0 Å². The van der Waals surface area contributed by atoms with Crippen molar-refractivity contribution in [1.82, 2.24) is 0 Å². The van der Waals surface area contributed by atoms with Gasteiger partial charge in [0.25, 0.3) is 0 Å². The van der Waals surface area contributed by atoms with Gasteiger partial charge in [-0.3, -0.25) is 0 Å². The van der Waals surface area contributed by atoms with E-state index in [2.05, 4.69) is 0 Å². The van der Waals surface area contributed by atoms with Gasteiger partial charge in [0.15, 0.2) is 0 Å². The third kappa shape index (κ3) is 110. The second-order valence-electron chi connectivity index (χ2n) is 0. The smallest absolute Gasteiger partial charge is 0.412 e. The first-order chi connectivity index (χ1) is 0. The standard InChI is InChI=1S/3Mn.4H2O/h;;;4*1H2/q3*+2;;;;. The van der Waals surface area contributed by atoms with Crippen LogP contribution in [0.4, 0.5) is 0 Å². The van der Waals surface area contributed by atoms with Gasteiger partial charge in [0, 0.05) is 0 Å². The molecule has 0 atom stereocenters. The van der Waals surface area contributed by atoms with Crippen LogP contribution < -0.4 is 0 Å². The summed E-state index contributed by atoms with van der Waals surface area (Å²) in [7, 11) is 0. The van der Waals surface area contributed by atoms with Crippen molar-refractivity contribution in [1.29, 1.82) is 0 Å². The van der Waals surface area contributed by atoms with Crippen molar-refractivity contribution in [2.75, 3.05) is 0 Å². The minimum atomic E-state index is 0. The van der Waals surface area contributed by atoms with Gasteiger partial charge < -0.3 is 21.9 Å². The largest absolute Gasteiger partial charge is 2.00 e. The maximum Gasteiger partial charge on any atom is 2.00 e. The molecular weight excluding hydrogens is 229 g/mol. The van der Waals surface area contributed by atoms with Crippen LogP contribution in [0.15, 0.2) is 0 Å². The topological polar surface area (TPSA) is 126 Å². The van der Waals surface area contributed by atoms with Gasteiger partial charge in [-0.2, -0.15) is 0 Å². The van der Waals surface area contributed by atoms with E-state index < -0.39 is 0 Å². The Hall–Kier alpha value is 1.40. The molecule has 0 fully saturated rings. The van der Waals surface area contributed by atoms with Crippen molar-refractivity contribution in [3.05, 3.63) is 0 Å². The van der Waals surface area contributed by atoms with Gasteiger partial charge in [-0.15, -0.1) is 0 Å². The van der Waals surface area contributed by atoms with Crippen LogP contribution in [-0.2, 0) is 51.2 Å². The van der Waals surface area contributed by atoms with E-state index in [1.54, 1.807) is 0 Å². The number of hydrogen-bond donors (Lipinski definition) is 0. The van der Waals surface area contributed by atoms with Crippen LogP contribution in [0.5, 0.6) is 0 Å². The van der Waals surface area contributed by atoms with Crippen molar-refractivity contribution in [3.8, 4) is 0 Å². The van der Waals surface area contributed by atoms with E-state index in [0.29, 0.717) is 0 Å². The molecule has 4 nitrogen and oxygen atoms in total. The SMILES string of the molecule is O.O.O.O.[Mn+2].[Mn+2].[Mn+2]. The summed E-state index contributed by atoms with van der Waals surface area (Å²) in [6.07, 6.45) is 0. The predicted molar refractivity (Wildman–Crippen MR) is 14.5 cm³/mol. The van der Waals surface area contributed by atoms with Crippen LogP contribution in [-0.4, -0.2) is 21.9 Å². The van der Waals surface area contributed by atoms with E-state index in [1.807, 2.05) is 0 Å². The van der Waals surface area contributed by atoms with Gasteiger partial charge >= 0.3 is 51.2 Å². The molecule has 0 saturated heterocycles. The molecule has 0 aliphatic rings. The zero-order chi connectivity index (χ0) is 0. The summed E-state index contributed by atoms with van der Waals surface area (Å²) in [5.74, 6) is 0. The molecule has 7 heteroatoms. The molecule has 0 spiro atoms. The molecule has 0 aromatic heterocycles. The van der Waals surface area contributed by atoms with Crippen molar-refractivity contribution < 1.29 is 73.1 Å². The van der Waals surface area contributed by atoms with Crippen LogP contribution in [0.1, 0.15) is 0 Å². The van der Waals surface area contributed by atoms with Crippen molar-refractivity contribution >= 4 is 0 Å². The van der Waals surface area contributed by atoms with Crippen molar-refractivity contribution in [2.45, 2.75) is 0 Å². The quantitative estimate of drug-likeness (QED) is 0.391. The Labute approximate surface area is 73.1 Å². The third-order valence-electron chi connectivity index (χ3n) is 0. The molecule has 0 amide bonds. The molecular formula is H8Mn3O4+6. The molecule has 47 valence electrons. The Balaban J connectivity index is 0. The summed E-state index contributed by atoms with van der Waals surface area (Å²) in [4.78, 5) is 0. The molecule has 0 unspecified atom stereocenters. The average Bonchev–Trinajstić information content (AvgIpc) is 0. The Bertz CT molecular complexity index is 6.90. The molecule has 0 saturated carbocycles. The molecule has 0 aromatic rings. The van der Waals surface area contributed by atoms with Gasteiger partial charge in [-0.25, -0.2) is 0 Å². The summed E-state index contributed by atoms with van der Waals surface area (Å²) in [6.45, 7) is 0. The van der Waals surface area contributed by atoms with E-state index in [4.69, 9.17) is 0 Å². The number of hydrogen-bond acceptors (Lipinski definition) is 0. The first-order valence-electron chi connectivity index (χ1n) is 0. The fraction of sp³-hybridized carbons (Fsp3) is 0. The van der Waals surface area contributed by atoms with Crippen LogP contribution in [0.3, 0.4) is 0 Å². The molecule has 3 radical (unpaired) electrons. The molecule has 0 rings (SSSR count). The molecule has 8 N–H and O–H groups in total. The molecule has 0 aliphatic heterocycles. The minimum absolute atomic E-state index is 0. The second-order valence-corrected chi connectivity index (χ2v) is 0. The Morgan fingerprint density at radius 3 is 0.286 bits per heavy atom. The van der Waals surface area contributed by atoms with E-state index >= 15 is 0 Å². The molecule has 7 heavy (non-hydrogen) atoms. The monoisotopic (exact) mass is 237 g/mol. The fourth-order valence-electron chi connectivity index (χ4n) is 0.